The van der Waals surface area contributed by atoms with Crippen LogP contribution in [-0.2, 0) is 20.5 Å². The molecule has 3 N–H and O–H groups in total. The maximum Gasteiger partial charge on any atom is 0.457 e. The predicted octanol–water partition coefficient (Wildman–Crippen LogP) is 4.57. The van der Waals surface area contributed by atoms with Gasteiger partial charge in [-0.1, -0.05) is 18.9 Å². The van der Waals surface area contributed by atoms with Gasteiger partial charge >= 0.3 is 13.1 Å². The van der Waals surface area contributed by atoms with Crippen molar-refractivity contribution in [3.63, 3.8) is 0 Å². The van der Waals surface area contributed by atoms with Crippen molar-refractivity contribution in [2.45, 2.75) is 102 Å². The fourth-order valence-electron chi connectivity index (χ4n) is 5.97. The highest BCUT2D eigenvalue weighted by Crippen LogP contribution is 2.41. The molecule has 2 aliphatic heterocycles. The molecular weight excluding hydrogens is 434 g/mol. The van der Waals surface area contributed by atoms with Gasteiger partial charge in [-0.05, 0) is 108 Å². The second-order valence-corrected chi connectivity index (χ2v) is 11.5. The van der Waals surface area contributed by atoms with Crippen LogP contribution < -0.4 is 5.73 Å². The maximum atomic E-state index is 13.6. The van der Waals surface area contributed by atoms with E-state index in [-0.39, 0.29) is 30.1 Å². The van der Waals surface area contributed by atoms with Gasteiger partial charge in [0, 0.05) is 6.04 Å². The van der Waals surface area contributed by atoms with Gasteiger partial charge in [0.1, 0.15) is 11.4 Å². The third kappa shape index (κ3) is 4.92. The minimum Gasteiger partial charge on any atom is -0.480 e. The van der Waals surface area contributed by atoms with Crippen LogP contribution in [0.3, 0.4) is 0 Å². The summed E-state index contributed by atoms with van der Waals surface area (Å²) >= 11 is 0. The SMILES string of the molecule is CC1(C)OB(CCCCC(N)(C(=O)O)C2CCN(C3CCc4cc(F)ccc43)CC2)OC1(C)C. The molecule has 0 aromatic heterocycles. The van der Waals surface area contributed by atoms with E-state index < -0.39 is 11.5 Å². The second-order valence-electron chi connectivity index (χ2n) is 11.5. The van der Waals surface area contributed by atoms with E-state index in [4.69, 9.17) is 15.0 Å². The Hall–Kier alpha value is -1.48. The number of carbonyl (C=O) groups is 1. The average molecular weight is 474 g/mol. The third-order valence-electron chi connectivity index (χ3n) is 8.83. The molecular formula is C26H40BFN2O4. The summed E-state index contributed by atoms with van der Waals surface area (Å²) < 4.78 is 25.7. The van der Waals surface area contributed by atoms with Crippen molar-refractivity contribution in [2.24, 2.45) is 11.7 Å². The molecule has 3 aliphatic rings. The molecule has 0 spiro atoms. The molecule has 2 fully saturated rings. The number of piperidine rings is 1. The average Bonchev–Trinajstić information content (AvgIpc) is 3.27. The molecule has 1 aromatic carbocycles. The summed E-state index contributed by atoms with van der Waals surface area (Å²) in [6.45, 7) is 9.81. The van der Waals surface area contributed by atoms with Gasteiger partial charge < -0.3 is 20.1 Å². The van der Waals surface area contributed by atoms with Gasteiger partial charge in [-0.3, -0.25) is 9.69 Å². The summed E-state index contributed by atoms with van der Waals surface area (Å²) in [6.07, 6.45) is 6.18. The Labute approximate surface area is 203 Å². The number of aliphatic carboxylic acids is 1. The van der Waals surface area contributed by atoms with Crippen LogP contribution in [0.25, 0.3) is 0 Å². The minimum atomic E-state index is -1.21. The number of nitrogens with two attached hydrogens (primary N) is 1. The van der Waals surface area contributed by atoms with E-state index in [1.54, 1.807) is 12.1 Å². The fourth-order valence-corrected chi connectivity index (χ4v) is 5.97. The van der Waals surface area contributed by atoms with E-state index in [9.17, 15) is 14.3 Å². The number of rotatable bonds is 8. The lowest BCUT2D eigenvalue weighted by Gasteiger charge is -2.42. The molecule has 2 saturated heterocycles. The zero-order valence-electron chi connectivity index (χ0n) is 21.1. The molecule has 0 bridgehead atoms. The van der Waals surface area contributed by atoms with Gasteiger partial charge in [-0.2, -0.15) is 0 Å². The van der Waals surface area contributed by atoms with Crippen LogP contribution in [-0.4, -0.2) is 52.9 Å². The smallest absolute Gasteiger partial charge is 0.457 e. The molecule has 1 aliphatic carbocycles. The van der Waals surface area contributed by atoms with Gasteiger partial charge in [0.25, 0.3) is 0 Å². The van der Waals surface area contributed by atoms with Crippen LogP contribution in [0.15, 0.2) is 18.2 Å². The molecule has 2 unspecified atom stereocenters. The standard InChI is InChI=1S/C26H40BFN2O4/c1-24(2)25(3,4)34-27(33-24)14-6-5-13-26(29,23(31)32)19-11-15-30(16-12-19)22-10-7-18-17-20(28)8-9-21(18)22/h8-9,17,19,22H,5-7,10-16,29H2,1-4H3,(H,31,32). The summed E-state index contributed by atoms with van der Waals surface area (Å²) in [5, 5.41) is 10.0. The Bertz CT molecular complexity index is 887. The van der Waals surface area contributed by atoms with E-state index in [0.717, 1.165) is 63.5 Å². The summed E-state index contributed by atoms with van der Waals surface area (Å²) in [5.74, 6) is -1.12. The quantitative estimate of drug-likeness (QED) is 0.424. The molecule has 1 aromatic rings. The highest BCUT2D eigenvalue weighted by molar-refractivity contribution is 6.45. The van der Waals surface area contributed by atoms with Crippen molar-refractivity contribution in [3.8, 4) is 0 Å². The molecule has 0 amide bonds. The van der Waals surface area contributed by atoms with Crippen LogP contribution in [0.2, 0.25) is 6.32 Å². The lowest BCUT2D eigenvalue weighted by Crippen LogP contribution is -2.57. The highest BCUT2D eigenvalue weighted by atomic mass is 19.1. The molecule has 4 rings (SSSR count). The first kappa shape index (κ1) is 25.6. The maximum absolute atomic E-state index is 13.6. The largest absolute Gasteiger partial charge is 0.480 e. The summed E-state index contributed by atoms with van der Waals surface area (Å²) in [5.41, 5.74) is 6.98. The van der Waals surface area contributed by atoms with Crippen LogP contribution in [0.4, 0.5) is 4.39 Å². The normalized spacial score (nSPS) is 26.4. The van der Waals surface area contributed by atoms with E-state index in [0.29, 0.717) is 12.5 Å². The monoisotopic (exact) mass is 474 g/mol. The number of carboxylic acid groups (broad SMARTS) is 1. The van der Waals surface area contributed by atoms with Crippen molar-refractivity contribution in [1.82, 2.24) is 4.90 Å². The lowest BCUT2D eigenvalue weighted by atomic mass is 9.74. The van der Waals surface area contributed by atoms with Crippen molar-refractivity contribution < 1.29 is 23.6 Å². The Morgan fingerprint density at radius 1 is 1.18 bits per heavy atom. The molecule has 2 atom stereocenters. The number of carboxylic acids is 1. The number of nitrogens with zero attached hydrogens (tertiary/aromatic N) is 1. The van der Waals surface area contributed by atoms with E-state index in [1.165, 1.54) is 5.56 Å². The summed E-state index contributed by atoms with van der Waals surface area (Å²) in [4.78, 5) is 14.7. The first-order valence-electron chi connectivity index (χ1n) is 12.8. The van der Waals surface area contributed by atoms with Gasteiger partial charge in [-0.15, -0.1) is 0 Å². The van der Waals surface area contributed by atoms with Crippen molar-refractivity contribution in [1.29, 1.82) is 0 Å². The lowest BCUT2D eigenvalue weighted by molar-refractivity contribution is -0.147. The Balaban J connectivity index is 1.28. The molecule has 34 heavy (non-hydrogen) atoms. The molecule has 8 heteroatoms. The van der Waals surface area contributed by atoms with Crippen LogP contribution in [0, 0.1) is 11.7 Å². The van der Waals surface area contributed by atoms with Crippen LogP contribution in [0.1, 0.15) is 83.4 Å². The van der Waals surface area contributed by atoms with Gasteiger partial charge in [0.15, 0.2) is 0 Å². The Morgan fingerprint density at radius 2 is 1.82 bits per heavy atom. The van der Waals surface area contributed by atoms with Gasteiger partial charge in [0.05, 0.1) is 11.2 Å². The predicted molar refractivity (Wildman–Crippen MR) is 131 cm³/mol. The van der Waals surface area contributed by atoms with Gasteiger partial charge in [0.2, 0.25) is 0 Å². The first-order valence-corrected chi connectivity index (χ1v) is 12.8. The number of unbranched alkanes of at least 4 members (excludes halogenated alkanes) is 1. The Kier molecular flexibility index (Phi) is 7.18. The first-order chi connectivity index (χ1) is 15.9. The molecule has 0 saturated carbocycles. The van der Waals surface area contributed by atoms with Crippen molar-refractivity contribution >= 4 is 13.1 Å². The topological polar surface area (TPSA) is 85.0 Å². The van der Waals surface area contributed by atoms with E-state index >= 15 is 0 Å². The van der Waals surface area contributed by atoms with Crippen molar-refractivity contribution in [3.05, 3.63) is 35.1 Å². The summed E-state index contributed by atoms with van der Waals surface area (Å²) in [6, 6.07) is 5.41. The van der Waals surface area contributed by atoms with Crippen LogP contribution in [0.5, 0.6) is 0 Å². The minimum absolute atomic E-state index is 0.0489. The number of fused-ring (bicyclic) bond motifs is 1. The molecule has 188 valence electrons. The molecule has 2 heterocycles. The van der Waals surface area contributed by atoms with E-state index in [2.05, 4.69) is 4.90 Å². The number of halogens is 1. The van der Waals surface area contributed by atoms with Gasteiger partial charge in [-0.25, -0.2) is 4.39 Å². The zero-order valence-corrected chi connectivity index (χ0v) is 21.1. The fraction of sp³-hybridized carbons (Fsp3) is 0.731. The zero-order chi connectivity index (χ0) is 24.7. The highest BCUT2D eigenvalue weighted by Gasteiger charge is 2.50. The van der Waals surface area contributed by atoms with Crippen molar-refractivity contribution in [2.75, 3.05) is 13.1 Å². The van der Waals surface area contributed by atoms with Crippen LogP contribution >= 0.6 is 0 Å². The molecule has 6 nitrogen and oxygen atoms in total. The third-order valence-corrected chi connectivity index (χ3v) is 8.83. The molecule has 0 radical (unpaired) electrons. The number of hydrogen-bond donors (Lipinski definition) is 2. The second kappa shape index (κ2) is 9.53. The Morgan fingerprint density at radius 3 is 2.44 bits per heavy atom. The number of benzene rings is 1. The number of hydrogen-bond acceptors (Lipinski definition) is 5. The number of likely N-dealkylation sites (tertiary alicyclic amines) is 1. The van der Waals surface area contributed by atoms with E-state index in [1.807, 2.05) is 33.8 Å². The summed E-state index contributed by atoms with van der Waals surface area (Å²) in [7, 11) is -0.256. The number of aryl methyl sites for hydroxylation is 1.